The summed E-state index contributed by atoms with van der Waals surface area (Å²) in [5, 5.41) is 2.14. The van der Waals surface area contributed by atoms with E-state index in [0.29, 0.717) is 12.5 Å². The molecular formula is C34H39F7NO5P. The number of ether oxygens (including phenoxy) is 1. The highest BCUT2D eigenvalue weighted by molar-refractivity contribution is 7.52. The molecule has 0 radical (unpaired) electrons. The van der Waals surface area contributed by atoms with Crippen LogP contribution in [0.3, 0.4) is 0 Å². The van der Waals surface area contributed by atoms with Gasteiger partial charge in [0.25, 0.3) is 0 Å². The van der Waals surface area contributed by atoms with Crippen molar-refractivity contribution in [3.05, 3.63) is 94.8 Å². The van der Waals surface area contributed by atoms with Gasteiger partial charge in [0, 0.05) is 6.07 Å². The molecule has 14 heteroatoms. The number of esters is 1. The molecule has 0 aromatic heterocycles. The summed E-state index contributed by atoms with van der Waals surface area (Å²) in [7, 11) is -5.29. The van der Waals surface area contributed by atoms with Crippen LogP contribution < -0.4 is 14.1 Å². The third-order valence-electron chi connectivity index (χ3n) is 7.30. The zero-order valence-electron chi connectivity index (χ0n) is 26.5. The Labute approximate surface area is 275 Å². The van der Waals surface area contributed by atoms with Crippen molar-refractivity contribution in [3.63, 3.8) is 0 Å². The Bertz CT molecular complexity index is 1480. The van der Waals surface area contributed by atoms with Crippen LogP contribution in [0.5, 0.6) is 11.5 Å². The lowest BCUT2D eigenvalue weighted by Crippen LogP contribution is -2.40. The first-order valence-electron chi connectivity index (χ1n) is 15.9. The van der Waals surface area contributed by atoms with Crippen molar-refractivity contribution < 1.29 is 53.9 Å². The molecule has 3 aromatic carbocycles. The number of nitrogens with one attached hydrogen (secondary N) is 1. The minimum Gasteiger partial charge on any atom is -0.465 e. The molecule has 0 bridgehead atoms. The topological polar surface area (TPSA) is 73.9 Å². The van der Waals surface area contributed by atoms with Gasteiger partial charge in [-0.15, -0.1) is 0 Å². The first-order chi connectivity index (χ1) is 22.9. The van der Waals surface area contributed by atoms with Crippen LogP contribution in [0.2, 0.25) is 0 Å². The lowest BCUT2D eigenvalue weighted by Gasteiger charge is -2.25. The third kappa shape index (κ3) is 12.1. The van der Waals surface area contributed by atoms with Crippen LogP contribution in [0, 0.1) is 40.7 Å². The first-order valence-corrected chi connectivity index (χ1v) is 17.4. The van der Waals surface area contributed by atoms with Gasteiger partial charge in [0.2, 0.25) is 34.8 Å². The van der Waals surface area contributed by atoms with Gasteiger partial charge in [-0.2, -0.15) is 13.9 Å². The molecule has 0 aliphatic carbocycles. The molecule has 0 heterocycles. The fourth-order valence-electron chi connectivity index (χ4n) is 4.85. The molecule has 0 unspecified atom stereocenters. The van der Waals surface area contributed by atoms with Crippen LogP contribution >= 0.6 is 7.75 Å². The second-order valence-corrected chi connectivity index (χ2v) is 12.9. The van der Waals surface area contributed by atoms with E-state index < -0.39 is 72.6 Å². The summed E-state index contributed by atoms with van der Waals surface area (Å²) in [5.41, 5.74) is -0.126. The van der Waals surface area contributed by atoms with E-state index in [-0.39, 0.29) is 17.9 Å². The second kappa shape index (κ2) is 19.4. The van der Waals surface area contributed by atoms with Crippen LogP contribution in [0.25, 0.3) is 0 Å². The molecule has 0 aliphatic rings. The summed E-state index contributed by atoms with van der Waals surface area (Å²) < 4.78 is 128. The Kier molecular flexibility index (Phi) is 15.7. The van der Waals surface area contributed by atoms with E-state index in [4.69, 9.17) is 13.8 Å². The van der Waals surface area contributed by atoms with E-state index in [1.807, 2.05) is 0 Å². The number of hydrogen-bond acceptors (Lipinski definition) is 5. The lowest BCUT2D eigenvalue weighted by atomic mass is 10.1. The average molecular weight is 706 g/mol. The number of rotatable bonds is 21. The summed E-state index contributed by atoms with van der Waals surface area (Å²) in [6.07, 6.45) is 10.8. The quantitative estimate of drug-likeness (QED) is 0.0297. The van der Waals surface area contributed by atoms with Crippen molar-refractivity contribution in [2.45, 2.75) is 90.0 Å². The maximum absolute atomic E-state index is 14.6. The summed E-state index contributed by atoms with van der Waals surface area (Å²) in [4.78, 5) is 13.2. The number of halogens is 7. The van der Waals surface area contributed by atoms with Gasteiger partial charge in [-0.05, 0) is 42.7 Å². The monoisotopic (exact) mass is 705 g/mol. The van der Waals surface area contributed by atoms with Gasteiger partial charge in [-0.1, -0.05) is 89.3 Å². The molecule has 2 atom stereocenters. The molecule has 48 heavy (non-hydrogen) atoms. The van der Waals surface area contributed by atoms with E-state index in [1.54, 1.807) is 0 Å². The van der Waals surface area contributed by atoms with Gasteiger partial charge in [0.15, 0.2) is 0 Å². The summed E-state index contributed by atoms with van der Waals surface area (Å²) in [6.45, 7) is 2.08. The number of carbonyl (C=O) groups excluding carboxylic acids is 1. The van der Waals surface area contributed by atoms with Gasteiger partial charge in [-0.25, -0.2) is 26.5 Å². The molecule has 6 nitrogen and oxygen atoms in total. The van der Waals surface area contributed by atoms with Crippen LogP contribution in [-0.2, 0) is 20.5 Å². The summed E-state index contributed by atoms with van der Waals surface area (Å²) in [5.74, 6) is -17.4. The number of para-hydroxylation sites is 1. The Morgan fingerprint density at radius 3 is 1.73 bits per heavy atom. The smallest absolute Gasteiger partial charge is 0.465 e. The zero-order valence-corrected chi connectivity index (χ0v) is 27.4. The van der Waals surface area contributed by atoms with Crippen molar-refractivity contribution >= 4 is 13.7 Å². The fraction of sp³-hybridized carbons (Fsp3) is 0.441. The molecule has 3 rings (SSSR count). The Morgan fingerprint density at radius 1 is 0.688 bits per heavy atom. The van der Waals surface area contributed by atoms with Crippen LogP contribution in [0.4, 0.5) is 30.7 Å². The van der Waals surface area contributed by atoms with E-state index >= 15 is 0 Å². The van der Waals surface area contributed by atoms with Crippen molar-refractivity contribution in [3.8, 4) is 11.5 Å². The number of hydrogen-bond donors (Lipinski definition) is 1. The zero-order chi connectivity index (χ0) is 35.1. The summed E-state index contributed by atoms with van der Waals surface area (Å²) >= 11 is 0. The maximum atomic E-state index is 14.6. The van der Waals surface area contributed by atoms with Crippen molar-refractivity contribution in [2.75, 3.05) is 6.61 Å². The molecule has 0 amide bonds. The normalized spacial score (nSPS) is 13.2. The van der Waals surface area contributed by atoms with E-state index in [1.165, 1.54) is 62.4 Å². The number of benzene rings is 3. The standard InChI is InChI=1S/C34H39F7NO5P/c1-2-3-4-5-6-7-8-9-10-11-15-18-45-34(43)27(21-23-19-24(35)22-25(36)20-23)42-48(44,46-26-16-13-12-14-17-26)47-33-31(40)29(38)28(37)30(39)32(33)41/h12-14,16-17,19-20,22,27H,2-11,15,18,21H2,1H3,(H,42,44)/t27-,48-/m0/s1. The second-order valence-electron chi connectivity index (χ2n) is 11.3. The minimum absolute atomic E-state index is 0.0894. The molecule has 264 valence electrons. The lowest BCUT2D eigenvalue weighted by molar-refractivity contribution is -0.145. The molecular weight excluding hydrogens is 666 g/mol. The molecule has 0 spiro atoms. The predicted octanol–water partition coefficient (Wildman–Crippen LogP) is 10.3. The van der Waals surface area contributed by atoms with E-state index in [0.717, 1.165) is 44.2 Å². The summed E-state index contributed by atoms with van der Waals surface area (Å²) in [6, 6.07) is 7.35. The van der Waals surface area contributed by atoms with Gasteiger partial charge in [0.05, 0.1) is 6.61 Å². The Balaban J connectivity index is 1.77. The van der Waals surface area contributed by atoms with Gasteiger partial charge >= 0.3 is 13.7 Å². The SMILES string of the molecule is CCCCCCCCCCCCCOC(=O)[C@H](Cc1cc(F)cc(F)c1)N[P@](=O)(Oc1ccccc1)Oc1c(F)c(F)c(F)c(F)c1F. The third-order valence-corrected chi connectivity index (χ3v) is 8.80. The maximum Gasteiger partial charge on any atom is 0.513 e. The number of carbonyl (C=O) groups is 1. The molecule has 0 fully saturated rings. The molecule has 0 aliphatic heterocycles. The van der Waals surface area contributed by atoms with Gasteiger partial charge in [-0.3, -0.25) is 4.79 Å². The predicted molar refractivity (Wildman–Crippen MR) is 166 cm³/mol. The number of unbranched alkanes of at least 4 members (excludes halogenated alkanes) is 10. The largest absolute Gasteiger partial charge is 0.513 e. The Morgan fingerprint density at radius 2 is 1.19 bits per heavy atom. The van der Waals surface area contributed by atoms with Crippen LogP contribution in [-0.4, -0.2) is 18.6 Å². The Hall–Kier alpha value is -3.57. The van der Waals surface area contributed by atoms with E-state index in [2.05, 4.69) is 12.0 Å². The molecule has 3 aromatic rings. The minimum atomic E-state index is -5.29. The fourth-order valence-corrected chi connectivity index (χ4v) is 6.37. The van der Waals surface area contributed by atoms with Crippen LogP contribution in [0.1, 0.15) is 83.1 Å². The first kappa shape index (κ1) is 38.9. The van der Waals surface area contributed by atoms with E-state index in [9.17, 15) is 40.1 Å². The highest BCUT2D eigenvalue weighted by Gasteiger charge is 2.39. The molecule has 0 saturated heterocycles. The van der Waals surface area contributed by atoms with Crippen molar-refractivity contribution in [1.82, 2.24) is 5.09 Å². The molecule has 1 N–H and O–H groups in total. The highest BCUT2D eigenvalue weighted by atomic mass is 31.2. The van der Waals surface area contributed by atoms with Crippen molar-refractivity contribution in [1.29, 1.82) is 0 Å². The highest BCUT2D eigenvalue weighted by Crippen LogP contribution is 2.48. The average Bonchev–Trinajstić information content (AvgIpc) is 3.05. The molecule has 0 saturated carbocycles. The van der Waals surface area contributed by atoms with Crippen molar-refractivity contribution in [2.24, 2.45) is 0 Å². The van der Waals surface area contributed by atoms with Gasteiger partial charge in [0.1, 0.15) is 23.4 Å². The van der Waals surface area contributed by atoms with Gasteiger partial charge < -0.3 is 13.8 Å². The van der Waals surface area contributed by atoms with Crippen LogP contribution in [0.15, 0.2) is 48.5 Å².